The van der Waals surface area contributed by atoms with E-state index in [-0.39, 0.29) is 16.7 Å². The lowest BCUT2D eigenvalue weighted by molar-refractivity contribution is 0.0693. The SMILES string of the molecule is CC1(C)C=Cc2cc(O)c(C(=O)O)cc2C=C1. The minimum Gasteiger partial charge on any atom is -0.507 e. The fourth-order valence-electron chi connectivity index (χ4n) is 1.75. The summed E-state index contributed by atoms with van der Waals surface area (Å²) in [7, 11) is 0. The van der Waals surface area contributed by atoms with Crippen LogP contribution in [0.1, 0.15) is 35.3 Å². The van der Waals surface area contributed by atoms with E-state index in [0.717, 1.165) is 11.1 Å². The zero-order valence-corrected chi connectivity index (χ0v) is 9.77. The van der Waals surface area contributed by atoms with Crippen molar-refractivity contribution in [1.82, 2.24) is 0 Å². The van der Waals surface area contributed by atoms with E-state index in [9.17, 15) is 9.90 Å². The van der Waals surface area contributed by atoms with E-state index < -0.39 is 5.97 Å². The highest BCUT2D eigenvalue weighted by molar-refractivity contribution is 5.92. The number of allylic oxidation sites excluding steroid dienone is 2. The third-order valence-electron chi connectivity index (χ3n) is 2.82. The molecule has 2 N–H and O–H groups in total. The molecule has 88 valence electrons. The first-order valence-corrected chi connectivity index (χ1v) is 5.38. The van der Waals surface area contributed by atoms with Crippen LogP contribution in [0.25, 0.3) is 12.2 Å². The van der Waals surface area contributed by atoms with Gasteiger partial charge in [0.2, 0.25) is 0 Å². The molecule has 0 saturated carbocycles. The smallest absolute Gasteiger partial charge is 0.339 e. The van der Waals surface area contributed by atoms with Gasteiger partial charge in [0.1, 0.15) is 11.3 Å². The molecule has 0 heterocycles. The van der Waals surface area contributed by atoms with Crippen LogP contribution in [0.3, 0.4) is 0 Å². The number of carboxylic acids is 1. The molecule has 17 heavy (non-hydrogen) atoms. The molecule has 0 amide bonds. The molecule has 0 saturated heterocycles. The van der Waals surface area contributed by atoms with Gasteiger partial charge in [-0.05, 0) is 23.3 Å². The van der Waals surface area contributed by atoms with E-state index in [1.54, 1.807) is 0 Å². The largest absolute Gasteiger partial charge is 0.507 e. The predicted molar refractivity (Wildman–Crippen MR) is 66.9 cm³/mol. The normalized spacial score (nSPS) is 16.4. The number of rotatable bonds is 1. The maximum absolute atomic E-state index is 10.9. The van der Waals surface area contributed by atoms with Gasteiger partial charge in [0.15, 0.2) is 0 Å². The quantitative estimate of drug-likeness (QED) is 0.779. The molecular formula is C14H14O3. The molecule has 3 heteroatoms. The molecule has 0 atom stereocenters. The summed E-state index contributed by atoms with van der Waals surface area (Å²) in [5, 5.41) is 18.6. The van der Waals surface area contributed by atoms with E-state index in [4.69, 9.17) is 5.11 Å². The lowest BCUT2D eigenvalue weighted by Gasteiger charge is -2.11. The third-order valence-corrected chi connectivity index (χ3v) is 2.82. The number of carboxylic acid groups (broad SMARTS) is 1. The Balaban J connectivity index is 2.60. The summed E-state index contributed by atoms with van der Waals surface area (Å²) < 4.78 is 0. The van der Waals surface area contributed by atoms with Gasteiger partial charge in [-0.3, -0.25) is 0 Å². The second kappa shape index (κ2) is 3.77. The van der Waals surface area contributed by atoms with Crippen molar-refractivity contribution >= 4 is 18.1 Å². The van der Waals surface area contributed by atoms with Gasteiger partial charge >= 0.3 is 5.97 Å². The lowest BCUT2D eigenvalue weighted by atomic mass is 9.93. The van der Waals surface area contributed by atoms with E-state index in [2.05, 4.69) is 13.8 Å². The molecular weight excluding hydrogens is 216 g/mol. The van der Waals surface area contributed by atoms with E-state index in [1.807, 2.05) is 24.3 Å². The highest BCUT2D eigenvalue weighted by Crippen LogP contribution is 2.31. The van der Waals surface area contributed by atoms with E-state index in [0.29, 0.717) is 0 Å². The first kappa shape index (κ1) is 11.5. The summed E-state index contributed by atoms with van der Waals surface area (Å²) in [6, 6.07) is 2.98. The molecule has 0 unspecified atom stereocenters. The Bertz CT molecular complexity index is 537. The van der Waals surface area contributed by atoms with Gasteiger partial charge in [-0.25, -0.2) is 4.79 Å². The Kier molecular flexibility index (Phi) is 2.54. The topological polar surface area (TPSA) is 57.5 Å². The van der Waals surface area contributed by atoms with Crippen molar-refractivity contribution in [2.24, 2.45) is 5.41 Å². The van der Waals surface area contributed by atoms with Gasteiger partial charge < -0.3 is 10.2 Å². The summed E-state index contributed by atoms with van der Waals surface area (Å²) in [6.07, 6.45) is 7.83. The van der Waals surface area contributed by atoms with E-state index in [1.165, 1.54) is 12.1 Å². The number of hydrogen-bond donors (Lipinski definition) is 2. The number of benzene rings is 1. The summed E-state index contributed by atoms with van der Waals surface area (Å²) in [4.78, 5) is 10.9. The van der Waals surface area contributed by atoms with Crippen molar-refractivity contribution < 1.29 is 15.0 Å². The molecule has 1 aliphatic rings. The number of aromatic carboxylic acids is 1. The Morgan fingerprint density at radius 1 is 1.12 bits per heavy atom. The molecule has 0 spiro atoms. The van der Waals surface area contributed by atoms with Crippen LogP contribution in [0, 0.1) is 5.41 Å². The molecule has 1 aliphatic carbocycles. The molecule has 1 aromatic rings. The Hall–Kier alpha value is -2.03. The maximum Gasteiger partial charge on any atom is 0.339 e. The number of hydrogen-bond acceptors (Lipinski definition) is 2. The molecule has 1 aromatic carbocycles. The summed E-state index contributed by atoms with van der Waals surface area (Å²) in [5.74, 6) is -1.32. The number of phenols is 1. The third kappa shape index (κ3) is 2.23. The fraction of sp³-hybridized carbons (Fsp3) is 0.214. The monoisotopic (exact) mass is 230 g/mol. The van der Waals surface area contributed by atoms with Crippen LogP contribution in [-0.2, 0) is 0 Å². The van der Waals surface area contributed by atoms with Crippen molar-refractivity contribution in [3.8, 4) is 5.75 Å². The average molecular weight is 230 g/mol. The molecule has 3 nitrogen and oxygen atoms in total. The summed E-state index contributed by atoms with van der Waals surface area (Å²) >= 11 is 0. The first-order valence-electron chi connectivity index (χ1n) is 5.38. The van der Waals surface area contributed by atoms with Crippen molar-refractivity contribution in [3.05, 3.63) is 41.0 Å². The number of carbonyl (C=O) groups is 1. The molecule has 2 rings (SSSR count). The van der Waals surface area contributed by atoms with Crippen LogP contribution >= 0.6 is 0 Å². The van der Waals surface area contributed by atoms with Gasteiger partial charge in [-0.1, -0.05) is 38.2 Å². The van der Waals surface area contributed by atoms with Crippen molar-refractivity contribution in [2.45, 2.75) is 13.8 Å². The van der Waals surface area contributed by atoms with Crippen molar-refractivity contribution in [1.29, 1.82) is 0 Å². The Morgan fingerprint density at radius 3 is 2.18 bits per heavy atom. The fourth-order valence-corrected chi connectivity index (χ4v) is 1.75. The summed E-state index contributed by atoms with van der Waals surface area (Å²) in [6.45, 7) is 4.12. The van der Waals surface area contributed by atoms with E-state index >= 15 is 0 Å². The standard InChI is InChI=1S/C14H14O3/c1-14(2)5-3-9-7-11(13(16)17)12(15)8-10(9)4-6-14/h3-8,15H,1-2H3,(H,16,17). The minimum atomic E-state index is -1.12. The maximum atomic E-state index is 10.9. The van der Waals surface area contributed by atoms with Gasteiger partial charge in [0.05, 0.1) is 0 Å². The summed E-state index contributed by atoms with van der Waals surface area (Å²) in [5.41, 5.74) is 1.50. The number of fused-ring (bicyclic) bond motifs is 1. The average Bonchev–Trinajstić information content (AvgIpc) is 2.37. The van der Waals surface area contributed by atoms with Crippen molar-refractivity contribution in [3.63, 3.8) is 0 Å². The van der Waals surface area contributed by atoms with Crippen LogP contribution in [0.2, 0.25) is 0 Å². The molecule has 0 aromatic heterocycles. The van der Waals surface area contributed by atoms with Crippen molar-refractivity contribution in [2.75, 3.05) is 0 Å². The van der Waals surface area contributed by atoms with Gasteiger partial charge in [0.25, 0.3) is 0 Å². The predicted octanol–water partition coefficient (Wildman–Crippen LogP) is 3.16. The van der Waals surface area contributed by atoms with Crippen LogP contribution in [-0.4, -0.2) is 16.2 Å². The second-order valence-electron chi connectivity index (χ2n) is 4.79. The lowest BCUT2D eigenvalue weighted by Crippen LogP contribution is -2.00. The zero-order chi connectivity index (χ0) is 12.6. The minimum absolute atomic E-state index is 0.0680. The van der Waals surface area contributed by atoms with Crippen LogP contribution in [0.15, 0.2) is 24.3 Å². The van der Waals surface area contributed by atoms with Gasteiger partial charge in [-0.2, -0.15) is 0 Å². The molecule has 0 aliphatic heterocycles. The number of aromatic hydroxyl groups is 1. The Morgan fingerprint density at radius 2 is 1.65 bits per heavy atom. The van der Waals surface area contributed by atoms with Gasteiger partial charge in [-0.15, -0.1) is 0 Å². The van der Waals surface area contributed by atoms with Crippen LogP contribution in [0.5, 0.6) is 5.75 Å². The second-order valence-corrected chi connectivity index (χ2v) is 4.79. The molecule has 0 radical (unpaired) electrons. The van der Waals surface area contributed by atoms with Crippen LogP contribution < -0.4 is 0 Å². The first-order chi connectivity index (χ1) is 7.89. The Labute approximate surface area is 99.7 Å². The highest BCUT2D eigenvalue weighted by Gasteiger charge is 2.16. The molecule has 0 bridgehead atoms. The molecule has 0 fully saturated rings. The highest BCUT2D eigenvalue weighted by atomic mass is 16.4. The van der Waals surface area contributed by atoms with Gasteiger partial charge in [0, 0.05) is 5.41 Å². The van der Waals surface area contributed by atoms with Crippen LogP contribution in [0.4, 0.5) is 0 Å². The zero-order valence-electron chi connectivity index (χ0n) is 9.77.